The summed E-state index contributed by atoms with van der Waals surface area (Å²) in [5.74, 6) is 0.190. The third kappa shape index (κ3) is 3.20. The van der Waals surface area contributed by atoms with Gasteiger partial charge in [-0.1, -0.05) is 0 Å². The Morgan fingerprint density at radius 2 is 2.50 bits per heavy atom. The van der Waals surface area contributed by atoms with E-state index in [4.69, 9.17) is 0 Å². The maximum absolute atomic E-state index is 11.9. The van der Waals surface area contributed by atoms with Crippen molar-refractivity contribution in [3.63, 3.8) is 0 Å². The molecule has 0 aliphatic carbocycles. The molecule has 2 heterocycles. The van der Waals surface area contributed by atoms with Gasteiger partial charge >= 0.3 is 0 Å². The number of piperidine rings is 1. The number of amides is 1. The van der Waals surface area contributed by atoms with Crippen LogP contribution >= 0.6 is 0 Å². The lowest BCUT2D eigenvalue weighted by Gasteiger charge is -2.29. The standard InChI is InChI=1S/C13H19N3O2/c1-16-6-2-3-10(9-16)7-15-13(18)11-4-5-14-8-12(11)17/h4-5,8,10,17H,2-3,6-7,9H2,1H3,(H,15,18). The molecule has 5 nitrogen and oxygen atoms in total. The number of hydrogen-bond donors (Lipinski definition) is 2. The van der Waals surface area contributed by atoms with Crippen molar-refractivity contribution >= 4 is 5.91 Å². The summed E-state index contributed by atoms with van der Waals surface area (Å²) in [7, 11) is 2.10. The van der Waals surface area contributed by atoms with E-state index in [2.05, 4.69) is 22.2 Å². The molecule has 1 aromatic heterocycles. The minimum absolute atomic E-state index is 0.0734. The number of carbonyl (C=O) groups excluding carboxylic acids is 1. The van der Waals surface area contributed by atoms with Crippen molar-refractivity contribution in [2.75, 3.05) is 26.7 Å². The van der Waals surface area contributed by atoms with Gasteiger partial charge in [0.1, 0.15) is 5.75 Å². The number of aromatic hydroxyl groups is 1. The quantitative estimate of drug-likeness (QED) is 0.834. The topological polar surface area (TPSA) is 65.5 Å². The van der Waals surface area contributed by atoms with Crippen LogP contribution in [0.4, 0.5) is 0 Å². The normalized spacial score (nSPS) is 20.6. The van der Waals surface area contributed by atoms with Crippen LogP contribution in [-0.4, -0.2) is 47.6 Å². The van der Waals surface area contributed by atoms with Gasteiger partial charge in [-0.05, 0) is 38.4 Å². The van der Waals surface area contributed by atoms with Crippen LogP contribution in [0.1, 0.15) is 23.2 Å². The molecule has 2 N–H and O–H groups in total. The molecular weight excluding hydrogens is 230 g/mol. The van der Waals surface area contributed by atoms with Crippen molar-refractivity contribution in [2.24, 2.45) is 5.92 Å². The number of nitrogens with zero attached hydrogens (tertiary/aromatic N) is 2. The average Bonchev–Trinajstić information content (AvgIpc) is 2.37. The third-order valence-electron chi connectivity index (χ3n) is 3.32. The molecule has 1 fully saturated rings. The zero-order valence-corrected chi connectivity index (χ0v) is 10.6. The van der Waals surface area contributed by atoms with Crippen LogP contribution in [0.5, 0.6) is 5.75 Å². The lowest BCUT2D eigenvalue weighted by atomic mass is 9.98. The molecule has 2 rings (SSSR count). The van der Waals surface area contributed by atoms with Gasteiger partial charge in [-0.25, -0.2) is 0 Å². The molecule has 5 heteroatoms. The zero-order valence-electron chi connectivity index (χ0n) is 10.6. The van der Waals surface area contributed by atoms with Gasteiger partial charge in [-0.2, -0.15) is 0 Å². The van der Waals surface area contributed by atoms with E-state index >= 15 is 0 Å². The molecule has 0 aromatic carbocycles. The van der Waals surface area contributed by atoms with Crippen molar-refractivity contribution in [2.45, 2.75) is 12.8 Å². The predicted octanol–water partition coefficient (Wildman–Crippen LogP) is 0.859. The molecule has 1 amide bonds. The smallest absolute Gasteiger partial charge is 0.255 e. The first-order valence-corrected chi connectivity index (χ1v) is 6.26. The Labute approximate surface area is 107 Å². The van der Waals surface area contributed by atoms with E-state index in [0.29, 0.717) is 12.5 Å². The van der Waals surface area contributed by atoms with Gasteiger partial charge in [0.25, 0.3) is 5.91 Å². The number of carbonyl (C=O) groups is 1. The largest absolute Gasteiger partial charge is 0.505 e. The lowest BCUT2D eigenvalue weighted by molar-refractivity contribution is 0.0934. The first-order chi connectivity index (χ1) is 8.66. The highest BCUT2D eigenvalue weighted by molar-refractivity contribution is 5.96. The average molecular weight is 249 g/mol. The zero-order chi connectivity index (χ0) is 13.0. The highest BCUT2D eigenvalue weighted by Crippen LogP contribution is 2.16. The number of rotatable bonds is 3. The molecular formula is C13H19N3O2. The number of hydrogen-bond acceptors (Lipinski definition) is 4. The van der Waals surface area contributed by atoms with Gasteiger partial charge in [0.05, 0.1) is 11.8 Å². The first-order valence-electron chi connectivity index (χ1n) is 6.26. The van der Waals surface area contributed by atoms with Gasteiger partial charge in [0.15, 0.2) is 0 Å². The van der Waals surface area contributed by atoms with Crippen LogP contribution in [0.25, 0.3) is 0 Å². The van der Waals surface area contributed by atoms with E-state index < -0.39 is 0 Å². The summed E-state index contributed by atoms with van der Waals surface area (Å²) in [6.45, 7) is 2.81. The minimum atomic E-state index is -0.233. The van der Waals surface area contributed by atoms with Gasteiger partial charge < -0.3 is 15.3 Å². The molecule has 0 spiro atoms. The molecule has 1 aliphatic rings. The number of aromatic nitrogens is 1. The second-order valence-electron chi connectivity index (χ2n) is 4.87. The monoisotopic (exact) mass is 249 g/mol. The Balaban J connectivity index is 1.87. The van der Waals surface area contributed by atoms with Gasteiger partial charge in [-0.3, -0.25) is 9.78 Å². The SMILES string of the molecule is CN1CCCC(CNC(=O)c2ccncc2O)C1. The van der Waals surface area contributed by atoms with E-state index in [1.165, 1.54) is 24.9 Å². The fourth-order valence-corrected chi connectivity index (χ4v) is 2.35. The molecule has 18 heavy (non-hydrogen) atoms. The molecule has 0 bridgehead atoms. The summed E-state index contributed by atoms with van der Waals surface area (Å²) >= 11 is 0. The summed E-state index contributed by atoms with van der Waals surface area (Å²) < 4.78 is 0. The fourth-order valence-electron chi connectivity index (χ4n) is 2.35. The Kier molecular flexibility index (Phi) is 4.15. The summed E-state index contributed by atoms with van der Waals surface area (Å²) in [5.41, 5.74) is 0.286. The van der Waals surface area contributed by atoms with Crippen LogP contribution in [0.15, 0.2) is 18.5 Å². The molecule has 0 radical (unpaired) electrons. The van der Waals surface area contributed by atoms with Gasteiger partial charge in [-0.15, -0.1) is 0 Å². The van der Waals surface area contributed by atoms with E-state index in [-0.39, 0.29) is 17.2 Å². The van der Waals surface area contributed by atoms with Crippen LogP contribution < -0.4 is 5.32 Å². The van der Waals surface area contributed by atoms with Crippen LogP contribution in [0, 0.1) is 5.92 Å². The van der Waals surface area contributed by atoms with E-state index in [0.717, 1.165) is 19.5 Å². The van der Waals surface area contributed by atoms with Crippen molar-refractivity contribution < 1.29 is 9.90 Å². The summed E-state index contributed by atoms with van der Waals surface area (Å²) in [6, 6.07) is 1.53. The van der Waals surface area contributed by atoms with Crippen LogP contribution in [0.2, 0.25) is 0 Å². The van der Waals surface area contributed by atoms with Gasteiger partial charge in [0.2, 0.25) is 0 Å². The second-order valence-corrected chi connectivity index (χ2v) is 4.87. The molecule has 1 atom stereocenters. The van der Waals surface area contributed by atoms with E-state index in [9.17, 15) is 9.90 Å². The second kappa shape index (κ2) is 5.82. The molecule has 1 aromatic rings. The van der Waals surface area contributed by atoms with Crippen LogP contribution in [-0.2, 0) is 0 Å². The van der Waals surface area contributed by atoms with Crippen molar-refractivity contribution in [3.8, 4) is 5.75 Å². The Hall–Kier alpha value is -1.62. The number of pyridine rings is 1. The minimum Gasteiger partial charge on any atom is -0.505 e. The van der Waals surface area contributed by atoms with Crippen molar-refractivity contribution in [1.29, 1.82) is 0 Å². The fraction of sp³-hybridized carbons (Fsp3) is 0.538. The Morgan fingerprint density at radius 3 is 3.22 bits per heavy atom. The molecule has 1 saturated heterocycles. The van der Waals surface area contributed by atoms with Crippen molar-refractivity contribution in [3.05, 3.63) is 24.0 Å². The molecule has 1 unspecified atom stereocenters. The molecule has 98 valence electrons. The van der Waals surface area contributed by atoms with Gasteiger partial charge in [0, 0.05) is 19.3 Å². The molecule has 1 aliphatic heterocycles. The van der Waals surface area contributed by atoms with Crippen LogP contribution in [0.3, 0.4) is 0 Å². The highest BCUT2D eigenvalue weighted by Gasteiger charge is 2.18. The van der Waals surface area contributed by atoms with E-state index in [1.54, 1.807) is 0 Å². The maximum Gasteiger partial charge on any atom is 0.255 e. The number of likely N-dealkylation sites (tertiary alicyclic amines) is 1. The summed E-state index contributed by atoms with van der Waals surface area (Å²) in [4.78, 5) is 17.9. The lowest BCUT2D eigenvalue weighted by Crippen LogP contribution is -2.39. The number of nitrogens with one attached hydrogen (secondary N) is 1. The first kappa shape index (κ1) is 12.8. The Morgan fingerprint density at radius 1 is 1.67 bits per heavy atom. The highest BCUT2D eigenvalue weighted by atomic mass is 16.3. The van der Waals surface area contributed by atoms with E-state index in [1.807, 2.05) is 0 Å². The maximum atomic E-state index is 11.9. The third-order valence-corrected chi connectivity index (χ3v) is 3.32. The summed E-state index contributed by atoms with van der Waals surface area (Å²) in [5, 5.41) is 12.4. The predicted molar refractivity (Wildman–Crippen MR) is 68.5 cm³/mol. The Bertz CT molecular complexity index is 422. The summed E-state index contributed by atoms with van der Waals surface area (Å²) in [6.07, 6.45) is 5.11. The van der Waals surface area contributed by atoms with Crippen molar-refractivity contribution in [1.82, 2.24) is 15.2 Å². The molecule has 0 saturated carbocycles.